The monoisotopic (exact) mass is 334 g/mol. The van der Waals surface area contributed by atoms with Crippen LogP contribution in [0.25, 0.3) is 0 Å². The quantitative estimate of drug-likeness (QED) is 0.830. The third-order valence-electron chi connectivity index (χ3n) is 4.90. The van der Waals surface area contributed by atoms with E-state index in [1.165, 1.54) is 6.07 Å². The van der Waals surface area contributed by atoms with E-state index in [4.69, 9.17) is 4.74 Å². The predicted molar refractivity (Wildman–Crippen MR) is 86.8 cm³/mol. The van der Waals surface area contributed by atoms with Gasteiger partial charge in [0.15, 0.2) is 0 Å². The first kappa shape index (κ1) is 16.9. The number of carbonyl (C=O) groups is 2. The first-order valence-corrected chi connectivity index (χ1v) is 8.57. The molecule has 24 heavy (non-hydrogen) atoms. The van der Waals surface area contributed by atoms with E-state index >= 15 is 0 Å². The molecule has 1 aromatic rings. The molecule has 1 aromatic carbocycles. The molecule has 6 heteroatoms. The summed E-state index contributed by atoms with van der Waals surface area (Å²) < 4.78 is 18.5. The van der Waals surface area contributed by atoms with Crippen LogP contribution >= 0.6 is 0 Å². The van der Waals surface area contributed by atoms with Crippen molar-refractivity contribution >= 4 is 11.9 Å². The second kappa shape index (κ2) is 7.75. The van der Waals surface area contributed by atoms with Crippen LogP contribution in [0.2, 0.25) is 0 Å². The number of carbonyl (C=O) groups excluding carboxylic acids is 2. The van der Waals surface area contributed by atoms with Crippen molar-refractivity contribution in [2.75, 3.05) is 26.2 Å². The fourth-order valence-corrected chi connectivity index (χ4v) is 3.46. The van der Waals surface area contributed by atoms with Crippen molar-refractivity contribution in [3.05, 3.63) is 35.6 Å². The van der Waals surface area contributed by atoms with Crippen LogP contribution in [0.15, 0.2) is 24.3 Å². The van der Waals surface area contributed by atoms with Gasteiger partial charge in [-0.25, -0.2) is 4.39 Å². The molecule has 5 nitrogen and oxygen atoms in total. The zero-order valence-corrected chi connectivity index (χ0v) is 13.7. The Bertz CT molecular complexity index is 600. The molecule has 3 rings (SSSR count). The van der Waals surface area contributed by atoms with Gasteiger partial charge in [-0.05, 0) is 44.0 Å². The van der Waals surface area contributed by atoms with Gasteiger partial charge in [0.1, 0.15) is 11.9 Å². The number of nitrogens with one attached hydrogen (secondary N) is 1. The van der Waals surface area contributed by atoms with Crippen molar-refractivity contribution in [2.45, 2.75) is 31.7 Å². The van der Waals surface area contributed by atoms with Gasteiger partial charge in [0, 0.05) is 18.9 Å². The maximum atomic E-state index is 13.5. The van der Waals surface area contributed by atoms with Crippen molar-refractivity contribution in [1.82, 2.24) is 10.2 Å². The number of amides is 1. The van der Waals surface area contributed by atoms with Crippen LogP contribution in [0.5, 0.6) is 0 Å². The molecule has 2 fully saturated rings. The van der Waals surface area contributed by atoms with Crippen LogP contribution in [0.4, 0.5) is 4.39 Å². The molecular weight excluding hydrogens is 311 g/mol. The zero-order valence-electron chi connectivity index (χ0n) is 13.7. The van der Waals surface area contributed by atoms with E-state index in [9.17, 15) is 14.0 Å². The summed E-state index contributed by atoms with van der Waals surface area (Å²) in [5.74, 6) is -0.370. The number of piperidine rings is 1. The molecule has 2 aliphatic heterocycles. The van der Waals surface area contributed by atoms with Crippen LogP contribution in [-0.2, 0) is 20.7 Å². The topological polar surface area (TPSA) is 58.6 Å². The summed E-state index contributed by atoms with van der Waals surface area (Å²) in [6.07, 6.45) is 2.73. The second-order valence-corrected chi connectivity index (χ2v) is 6.41. The van der Waals surface area contributed by atoms with E-state index in [-0.39, 0.29) is 29.7 Å². The van der Waals surface area contributed by atoms with Crippen molar-refractivity contribution in [3.8, 4) is 0 Å². The Morgan fingerprint density at radius 1 is 1.25 bits per heavy atom. The highest BCUT2D eigenvalue weighted by Gasteiger charge is 2.35. The third kappa shape index (κ3) is 3.93. The molecule has 2 aliphatic rings. The largest absolute Gasteiger partial charge is 0.464 e. The molecular formula is C18H23FN2O3. The molecule has 0 unspecified atom stereocenters. The minimum atomic E-state index is -0.233. The van der Waals surface area contributed by atoms with Gasteiger partial charge in [0.2, 0.25) is 5.91 Å². The van der Waals surface area contributed by atoms with E-state index in [0.717, 1.165) is 32.4 Å². The summed E-state index contributed by atoms with van der Waals surface area (Å²) in [6, 6.07) is 6.49. The van der Waals surface area contributed by atoms with Gasteiger partial charge in [-0.3, -0.25) is 14.5 Å². The Kier molecular flexibility index (Phi) is 5.45. The fourth-order valence-electron chi connectivity index (χ4n) is 3.46. The molecule has 1 amide bonds. The van der Waals surface area contributed by atoms with Crippen molar-refractivity contribution < 1.29 is 18.7 Å². The minimum Gasteiger partial charge on any atom is -0.464 e. The lowest BCUT2D eigenvalue weighted by atomic mass is 9.94. The molecule has 130 valence electrons. The van der Waals surface area contributed by atoms with E-state index in [0.29, 0.717) is 25.1 Å². The second-order valence-electron chi connectivity index (χ2n) is 6.41. The highest BCUT2D eigenvalue weighted by Crippen LogP contribution is 2.23. The average Bonchev–Trinajstić information content (AvgIpc) is 3.03. The fraction of sp³-hybridized carbons (Fsp3) is 0.556. The number of benzene rings is 1. The summed E-state index contributed by atoms with van der Waals surface area (Å²) in [6.45, 7) is 2.42. The minimum absolute atomic E-state index is 0.0278. The molecule has 2 saturated heterocycles. The van der Waals surface area contributed by atoms with Gasteiger partial charge in [-0.1, -0.05) is 18.2 Å². The normalized spacial score (nSPS) is 22.4. The Balaban J connectivity index is 1.41. The van der Waals surface area contributed by atoms with Gasteiger partial charge in [0.05, 0.1) is 6.61 Å². The number of esters is 1. The summed E-state index contributed by atoms with van der Waals surface area (Å²) >= 11 is 0. The molecule has 0 aromatic heterocycles. The summed E-state index contributed by atoms with van der Waals surface area (Å²) in [5.41, 5.74) is 0.618. The Hall–Kier alpha value is -1.95. The number of rotatable bonds is 5. The molecule has 2 heterocycles. The van der Waals surface area contributed by atoms with E-state index in [2.05, 4.69) is 10.2 Å². The molecule has 0 aliphatic carbocycles. The predicted octanol–water partition coefficient (Wildman–Crippen LogP) is 1.51. The number of nitrogens with zero attached hydrogens (tertiary/aromatic N) is 1. The standard InChI is InChI=1S/C18H23FN2O3/c19-15-4-2-1-3-13(15)5-9-20-17(22)14-6-10-21(11-7-14)16-8-12-24-18(16)23/h1-4,14,16H,5-12H2,(H,20,22)/t16-/m0/s1. The molecule has 0 saturated carbocycles. The van der Waals surface area contributed by atoms with Gasteiger partial charge in [-0.2, -0.15) is 0 Å². The lowest BCUT2D eigenvalue weighted by Crippen LogP contribution is -2.46. The smallest absolute Gasteiger partial charge is 0.323 e. The van der Waals surface area contributed by atoms with Crippen LogP contribution in [0.1, 0.15) is 24.8 Å². The van der Waals surface area contributed by atoms with E-state index < -0.39 is 0 Å². The number of hydrogen-bond acceptors (Lipinski definition) is 4. The van der Waals surface area contributed by atoms with Crippen molar-refractivity contribution in [2.24, 2.45) is 5.92 Å². The number of ether oxygens (including phenoxy) is 1. The molecule has 1 atom stereocenters. The average molecular weight is 334 g/mol. The van der Waals surface area contributed by atoms with Crippen LogP contribution in [0, 0.1) is 11.7 Å². The number of cyclic esters (lactones) is 1. The van der Waals surface area contributed by atoms with E-state index in [1.54, 1.807) is 18.2 Å². The number of hydrogen-bond donors (Lipinski definition) is 1. The maximum absolute atomic E-state index is 13.5. The van der Waals surface area contributed by atoms with Crippen LogP contribution in [-0.4, -0.2) is 49.1 Å². The van der Waals surface area contributed by atoms with Crippen molar-refractivity contribution in [1.29, 1.82) is 0 Å². The number of likely N-dealkylation sites (tertiary alicyclic amines) is 1. The summed E-state index contributed by atoms with van der Waals surface area (Å²) in [5, 5.41) is 2.91. The summed E-state index contributed by atoms with van der Waals surface area (Å²) in [7, 11) is 0. The first-order chi connectivity index (χ1) is 11.6. The number of halogens is 1. The lowest BCUT2D eigenvalue weighted by molar-refractivity contribution is -0.142. The Morgan fingerprint density at radius 3 is 2.67 bits per heavy atom. The van der Waals surface area contributed by atoms with Gasteiger partial charge < -0.3 is 10.1 Å². The SMILES string of the molecule is O=C(NCCc1ccccc1F)C1CCN([C@H]2CCOC2=O)CC1. The van der Waals surface area contributed by atoms with Gasteiger partial charge >= 0.3 is 5.97 Å². The van der Waals surface area contributed by atoms with Gasteiger partial charge in [0.25, 0.3) is 0 Å². The molecule has 0 bridgehead atoms. The zero-order chi connectivity index (χ0) is 16.9. The van der Waals surface area contributed by atoms with Crippen LogP contribution in [0.3, 0.4) is 0 Å². The third-order valence-corrected chi connectivity index (χ3v) is 4.90. The van der Waals surface area contributed by atoms with Crippen LogP contribution < -0.4 is 5.32 Å². The van der Waals surface area contributed by atoms with E-state index in [1.807, 2.05) is 0 Å². The highest BCUT2D eigenvalue weighted by atomic mass is 19.1. The van der Waals surface area contributed by atoms with Crippen molar-refractivity contribution in [3.63, 3.8) is 0 Å². The van der Waals surface area contributed by atoms with Gasteiger partial charge in [-0.15, -0.1) is 0 Å². The highest BCUT2D eigenvalue weighted by molar-refractivity contribution is 5.79. The molecule has 1 N–H and O–H groups in total. The summed E-state index contributed by atoms with van der Waals surface area (Å²) in [4.78, 5) is 26.0. The first-order valence-electron chi connectivity index (χ1n) is 8.57. The molecule has 0 radical (unpaired) electrons. The maximum Gasteiger partial charge on any atom is 0.323 e. The Morgan fingerprint density at radius 2 is 2.00 bits per heavy atom. The molecule has 0 spiro atoms. The Labute approximate surface area is 141 Å². The lowest BCUT2D eigenvalue weighted by Gasteiger charge is -2.33.